The van der Waals surface area contributed by atoms with Crippen LogP contribution in [0.3, 0.4) is 0 Å². The Morgan fingerprint density at radius 3 is 2.95 bits per heavy atom. The number of pyridine rings is 1. The largest absolute Gasteiger partial charge is 0.398 e. The molecule has 3 nitrogen and oxygen atoms in total. The van der Waals surface area contributed by atoms with Crippen LogP contribution >= 0.6 is 11.3 Å². The molecule has 2 heterocycles. The molecule has 96 valence electrons. The normalized spacial score (nSPS) is 10.8. The Hall–Kier alpha value is -2.07. The molecule has 0 amide bonds. The lowest BCUT2D eigenvalue weighted by Gasteiger charge is -2.20. The van der Waals surface area contributed by atoms with Crippen molar-refractivity contribution in [1.29, 1.82) is 0 Å². The maximum absolute atomic E-state index is 6.00. The highest BCUT2D eigenvalue weighted by atomic mass is 32.1. The Morgan fingerprint density at radius 1 is 1.26 bits per heavy atom. The highest BCUT2D eigenvalue weighted by Gasteiger charge is 2.09. The van der Waals surface area contributed by atoms with Crippen molar-refractivity contribution in [3.05, 3.63) is 52.9 Å². The molecule has 0 bridgehead atoms. The van der Waals surface area contributed by atoms with E-state index >= 15 is 0 Å². The van der Waals surface area contributed by atoms with E-state index in [-0.39, 0.29) is 0 Å². The zero-order chi connectivity index (χ0) is 13.2. The first-order valence-corrected chi connectivity index (χ1v) is 7.05. The number of hydrogen-bond acceptors (Lipinski definition) is 4. The summed E-state index contributed by atoms with van der Waals surface area (Å²) in [4.78, 5) is 6.68. The van der Waals surface area contributed by atoms with Crippen molar-refractivity contribution in [2.75, 3.05) is 17.7 Å². The third kappa shape index (κ3) is 2.27. The van der Waals surface area contributed by atoms with Gasteiger partial charge in [-0.1, -0.05) is 0 Å². The first-order chi connectivity index (χ1) is 9.25. The van der Waals surface area contributed by atoms with Gasteiger partial charge >= 0.3 is 0 Å². The van der Waals surface area contributed by atoms with Crippen molar-refractivity contribution in [1.82, 2.24) is 4.98 Å². The average Bonchev–Trinajstić information content (AvgIpc) is 2.92. The summed E-state index contributed by atoms with van der Waals surface area (Å²) in [6.45, 7) is 0.874. The molecule has 0 saturated heterocycles. The van der Waals surface area contributed by atoms with E-state index in [0.29, 0.717) is 0 Å². The summed E-state index contributed by atoms with van der Waals surface area (Å²) < 4.78 is 0. The van der Waals surface area contributed by atoms with Crippen molar-refractivity contribution in [3.8, 4) is 0 Å². The second-order valence-corrected chi connectivity index (χ2v) is 5.34. The van der Waals surface area contributed by atoms with Crippen molar-refractivity contribution >= 4 is 33.6 Å². The highest BCUT2D eigenvalue weighted by Crippen LogP contribution is 2.29. The molecule has 0 unspecified atom stereocenters. The van der Waals surface area contributed by atoms with Crippen molar-refractivity contribution < 1.29 is 0 Å². The van der Waals surface area contributed by atoms with Crippen LogP contribution in [0.15, 0.2) is 47.3 Å². The van der Waals surface area contributed by atoms with Crippen LogP contribution in [0.4, 0.5) is 11.4 Å². The van der Waals surface area contributed by atoms with Gasteiger partial charge in [0.25, 0.3) is 0 Å². The van der Waals surface area contributed by atoms with E-state index in [1.807, 2.05) is 30.5 Å². The number of benzene rings is 1. The van der Waals surface area contributed by atoms with Crippen molar-refractivity contribution in [2.45, 2.75) is 6.54 Å². The fraction of sp³-hybridized carbons (Fsp3) is 0.133. The van der Waals surface area contributed by atoms with Crippen LogP contribution in [0.1, 0.15) is 5.56 Å². The third-order valence-corrected chi connectivity index (χ3v) is 3.93. The smallest absolute Gasteiger partial charge is 0.0955 e. The van der Waals surface area contributed by atoms with Gasteiger partial charge < -0.3 is 10.6 Å². The van der Waals surface area contributed by atoms with E-state index in [1.165, 1.54) is 5.56 Å². The summed E-state index contributed by atoms with van der Waals surface area (Å²) >= 11 is 1.72. The number of nitrogens with zero attached hydrogens (tertiary/aromatic N) is 2. The second-order valence-electron chi connectivity index (χ2n) is 4.56. The number of nitrogen functional groups attached to an aromatic ring is 1. The fourth-order valence-corrected chi connectivity index (χ4v) is 2.89. The fourth-order valence-electron chi connectivity index (χ4n) is 2.23. The van der Waals surface area contributed by atoms with E-state index in [9.17, 15) is 0 Å². The third-order valence-electron chi connectivity index (χ3n) is 3.19. The molecule has 0 fully saturated rings. The number of fused-ring (bicyclic) bond motifs is 1. The zero-order valence-corrected chi connectivity index (χ0v) is 11.5. The molecular formula is C15H15N3S. The van der Waals surface area contributed by atoms with Gasteiger partial charge in [-0.15, -0.1) is 0 Å². The topological polar surface area (TPSA) is 42.1 Å². The van der Waals surface area contributed by atoms with E-state index < -0.39 is 0 Å². The van der Waals surface area contributed by atoms with Gasteiger partial charge in [-0.3, -0.25) is 4.98 Å². The number of nitrogens with two attached hydrogens (primary N) is 1. The molecular weight excluding hydrogens is 254 g/mol. The predicted octanol–water partition coefficient (Wildman–Crippen LogP) is 3.51. The van der Waals surface area contributed by atoms with Crippen LogP contribution in [0.25, 0.3) is 10.9 Å². The molecule has 0 aliphatic rings. The SMILES string of the molecule is CN(Cc1ccsc1)c1ccc(N)c2cccnc12. The van der Waals surface area contributed by atoms with Gasteiger partial charge in [0.1, 0.15) is 0 Å². The number of hydrogen-bond donors (Lipinski definition) is 1. The first kappa shape index (κ1) is 12.0. The molecule has 3 aromatic rings. The van der Waals surface area contributed by atoms with Gasteiger partial charge in [-0.2, -0.15) is 11.3 Å². The minimum absolute atomic E-state index is 0.774. The van der Waals surface area contributed by atoms with E-state index in [4.69, 9.17) is 5.73 Å². The van der Waals surface area contributed by atoms with Crippen LogP contribution in [-0.4, -0.2) is 12.0 Å². The molecule has 19 heavy (non-hydrogen) atoms. The van der Waals surface area contributed by atoms with Gasteiger partial charge in [0.2, 0.25) is 0 Å². The maximum atomic E-state index is 6.00. The molecule has 0 radical (unpaired) electrons. The molecule has 4 heteroatoms. The number of thiophene rings is 1. The van der Waals surface area contributed by atoms with E-state index in [0.717, 1.165) is 28.8 Å². The summed E-state index contributed by atoms with van der Waals surface area (Å²) in [5.74, 6) is 0. The zero-order valence-electron chi connectivity index (χ0n) is 10.7. The average molecular weight is 269 g/mol. The van der Waals surface area contributed by atoms with Gasteiger partial charge in [0.15, 0.2) is 0 Å². The van der Waals surface area contributed by atoms with E-state index in [1.54, 1.807) is 11.3 Å². The molecule has 0 aliphatic heterocycles. The summed E-state index contributed by atoms with van der Waals surface area (Å²) in [5, 5.41) is 5.28. The monoisotopic (exact) mass is 269 g/mol. The number of aromatic nitrogens is 1. The molecule has 0 spiro atoms. The van der Waals surface area contributed by atoms with Gasteiger partial charge in [-0.25, -0.2) is 0 Å². The van der Waals surface area contributed by atoms with Crippen LogP contribution in [0, 0.1) is 0 Å². The second kappa shape index (κ2) is 4.90. The minimum atomic E-state index is 0.774. The van der Waals surface area contributed by atoms with Crippen molar-refractivity contribution in [2.24, 2.45) is 0 Å². The highest BCUT2D eigenvalue weighted by molar-refractivity contribution is 7.07. The first-order valence-electron chi connectivity index (χ1n) is 6.11. The van der Waals surface area contributed by atoms with Gasteiger partial charge in [-0.05, 0) is 46.7 Å². The minimum Gasteiger partial charge on any atom is -0.398 e. The number of anilines is 2. The lowest BCUT2D eigenvalue weighted by atomic mass is 10.1. The maximum Gasteiger partial charge on any atom is 0.0955 e. The molecule has 0 saturated carbocycles. The molecule has 2 aromatic heterocycles. The van der Waals surface area contributed by atoms with Gasteiger partial charge in [0, 0.05) is 30.9 Å². The summed E-state index contributed by atoms with van der Waals surface area (Å²) in [6, 6.07) is 10.1. The van der Waals surface area contributed by atoms with Crippen LogP contribution in [-0.2, 0) is 6.54 Å². The molecule has 0 aliphatic carbocycles. The van der Waals surface area contributed by atoms with Gasteiger partial charge in [0.05, 0.1) is 11.2 Å². The van der Waals surface area contributed by atoms with Crippen molar-refractivity contribution in [3.63, 3.8) is 0 Å². The predicted molar refractivity (Wildman–Crippen MR) is 82.6 cm³/mol. The summed E-state index contributed by atoms with van der Waals surface area (Å²) in [5.41, 5.74) is 10.2. The summed E-state index contributed by atoms with van der Waals surface area (Å²) in [6.07, 6.45) is 1.81. The lowest BCUT2D eigenvalue weighted by molar-refractivity contribution is 0.931. The standard InChI is InChI=1S/C15H15N3S/c1-18(9-11-6-8-19-10-11)14-5-4-13(16)12-3-2-7-17-15(12)14/h2-8,10H,9,16H2,1H3. The van der Waals surface area contributed by atoms with Crippen LogP contribution in [0.2, 0.25) is 0 Å². The molecule has 0 atom stereocenters. The quantitative estimate of drug-likeness (QED) is 0.740. The Labute approximate surface area is 116 Å². The van der Waals surface area contributed by atoms with Crippen LogP contribution in [0.5, 0.6) is 0 Å². The Bertz CT molecular complexity index is 692. The Morgan fingerprint density at radius 2 is 2.16 bits per heavy atom. The lowest BCUT2D eigenvalue weighted by Crippen LogP contribution is -2.16. The Kier molecular flexibility index (Phi) is 3.09. The molecule has 2 N–H and O–H groups in total. The van der Waals surface area contributed by atoms with Crippen LogP contribution < -0.4 is 10.6 Å². The Balaban J connectivity index is 2.03. The molecule has 3 rings (SSSR count). The number of rotatable bonds is 3. The summed E-state index contributed by atoms with van der Waals surface area (Å²) in [7, 11) is 2.08. The van der Waals surface area contributed by atoms with E-state index in [2.05, 4.69) is 33.8 Å². The molecule has 1 aromatic carbocycles.